The van der Waals surface area contributed by atoms with Crippen molar-refractivity contribution < 1.29 is 14.7 Å². The molecule has 2 aliphatic rings. The summed E-state index contributed by atoms with van der Waals surface area (Å²) in [5.41, 5.74) is 13.4. The molecule has 2 bridgehead atoms. The number of rotatable bonds is 6. The summed E-state index contributed by atoms with van der Waals surface area (Å²) in [6, 6.07) is -0.716. The summed E-state index contributed by atoms with van der Waals surface area (Å²) in [7, 11) is 0. The number of alkyl halides is 1. The molecule has 0 unspecified atom stereocenters. The van der Waals surface area contributed by atoms with Crippen LogP contribution < -0.4 is 11.5 Å². The van der Waals surface area contributed by atoms with Crippen LogP contribution in [-0.2, 0) is 9.59 Å². The van der Waals surface area contributed by atoms with Gasteiger partial charge in [0.05, 0.1) is 5.88 Å². The Kier molecular flexibility index (Phi) is 11.5. The maximum atomic E-state index is 10.1. The van der Waals surface area contributed by atoms with E-state index in [0.29, 0.717) is 19.3 Å². The molecule has 21 heavy (non-hydrogen) atoms. The fourth-order valence-electron chi connectivity index (χ4n) is 1.64. The van der Waals surface area contributed by atoms with Crippen LogP contribution in [0.2, 0.25) is 0 Å². The molecule has 0 aliphatic heterocycles. The number of aliphatic carboxylic acids is 1. The van der Waals surface area contributed by atoms with E-state index in [2.05, 4.69) is 24.3 Å². The third kappa shape index (κ3) is 10.0. The third-order valence-electron chi connectivity index (χ3n) is 2.78. The smallest absolute Gasteiger partial charge is 0.320 e. The Morgan fingerprint density at radius 2 is 1.86 bits per heavy atom. The largest absolute Gasteiger partial charge is 0.480 e. The highest BCUT2D eigenvalue weighted by Crippen LogP contribution is 2.27. The fraction of sp³-hybridized carbons (Fsp3) is 0.467. The van der Waals surface area contributed by atoms with E-state index in [0.717, 1.165) is 12.8 Å². The van der Waals surface area contributed by atoms with Gasteiger partial charge in [-0.05, 0) is 37.0 Å². The van der Waals surface area contributed by atoms with Crippen LogP contribution >= 0.6 is 11.6 Å². The molecule has 0 spiro atoms. The van der Waals surface area contributed by atoms with Gasteiger partial charge in [-0.3, -0.25) is 4.79 Å². The van der Waals surface area contributed by atoms with Crippen LogP contribution in [-0.4, -0.2) is 35.8 Å². The number of aldehydes is 1. The lowest BCUT2D eigenvalue weighted by Crippen LogP contribution is -2.29. The standard InChI is InChI=1S/C7H6.C6H14N2O2.C2H3ClO/c1-2-7-4-3-6(1)5-7;7-4-2-1-3-5(8)6(9)10;3-1-2-4/h1-4H,5H2;5H,1-4,7-8H2,(H,9,10);2H,1H2/t;5-;/m.0./s1. The van der Waals surface area contributed by atoms with Gasteiger partial charge in [-0.1, -0.05) is 30.7 Å². The van der Waals surface area contributed by atoms with Crippen molar-refractivity contribution in [3.05, 3.63) is 35.5 Å². The van der Waals surface area contributed by atoms with Crippen molar-refractivity contribution in [1.29, 1.82) is 0 Å². The maximum Gasteiger partial charge on any atom is 0.320 e. The summed E-state index contributed by atoms with van der Waals surface area (Å²) in [5.74, 6) is -0.822. The molecule has 6 heteroatoms. The van der Waals surface area contributed by atoms with Gasteiger partial charge in [0.15, 0.2) is 0 Å². The minimum Gasteiger partial charge on any atom is -0.480 e. The van der Waals surface area contributed by atoms with E-state index in [-0.39, 0.29) is 5.88 Å². The van der Waals surface area contributed by atoms with Gasteiger partial charge in [0.1, 0.15) is 12.3 Å². The highest BCUT2D eigenvalue weighted by Gasteiger charge is 2.09. The molecule has 0 radical (unpaired) electrons. The first-order valence-corrected chi connectivity index (χ1v) is 7.34. The van der Waals surface area contributed by atoms with Gasteiger partial charge in [-0.2, -0.15) is 0 Å². The molecule has 1 atom stereocenters. The Morgan fingerprint density at radius 3 is 2.10 bits per heavy atom. The van der Waals surface area contributed by atoms with Crippen LogP contribution in [0.1, 0.15) is 25.7 Å². The van der Waals surface area contributed by atoms with E-state index in [1.54, 1.807) is 0 Å². The van der Waals surface area contributed by atoms with Crippen molar-refractivity contribution in [3.63, 3.8) is 0 Å². The van der Waals surface area contributed by atoms with Crippen molar-refractivity contribution in [3.8, 4) is 0 Å². The molecular weight excluding hydrogens is 292 g/mol. The molecule has 0 fully saturated rings. The first-order valence-electron chi connectivity index (χ1n) is 6.81. The molecule has 5 N–H and O–H groups in total. The minimum atomic E-state index is -0.933. The zero-order valence-electron chi connectivity index (χ0n) is 12.0. The topological polar surface area (TPSA) is 106 Å². The van der Waals surface area contributed by atoms with Crippen molar-refractivity contribution in [1.82, 2.24) is 0 Å². The number of carboxylic acid groups (broad SMARTS) is 1. The molecule has 0 aromatic heterocycles. The molecule has 0 saturated carbocycles. The molecule has 2 aliphatic carbocycles. The van der Waals surface area contributed by atoms with Gasteiger partial charge in [0.2, 0.25) is 0 Å². The van der Waals surface area contributed by atoms with Gasteiger partial charge >= 0.3 is 5.97 Å². The molecule has 5 nitrogen and oxygen atoms in total. The molecule has 118 valence electrons. The van der Waals surface area contributed by atoms with Gasteiger partial charge in [-0.15, -0.1) is 11.6 Å². The fourth-order valence-corrected chi connectivity index (χ4v) is 1.64. The number of hydrogen-bond donors (Lipinski definition) is 3. The van der Waals surface area contributed by atoms with E-state index >= 15 is 0 Å². The Morgan fingerprint density at radius 1 is 1.33 bits per heavy atom. The van der Waals surface area contributed by atoms with Gasteiger partial charge in [-0.25, -0.2) is 0 Å². The van der Waals surface area contributed by atoms with E-state index in [4.69, 9.17) is 33.0 Å². The van der Waals surface area contributed by atoms with Crippen molar-refractivity contribution in [2.45, 2.75) is 31.7 Å². The first kappa shape index (κ1) is 19.6. The van der Waals surface area contributed by atoms with E-state index in [1.165, 1.54) is 17.6 Å². The van der Waals surface area contributed by atoms with Crippen LogP contribution in [0.4, 0.5) is 0 Å². The average molecular weight is 315 g/mol. The lowest BCUT2D eigenvalue weighted by Gasteiger charge is -2.03. The monoisotopic (exact) mass is 314 g/mol. The number of fused-ring (bicyclic) bond motifs is 2. The lowest BCUT2D eigenvalue weighted by atomic mass is 10.1. The Bertz CT molecular complexity index is 397. The second-order valence-corrected chi connectivity index (χ2v) is 4.85. The van der Waals surface area contributed by atoms with Gasteiger partial charge < -0.3 is 21.4 Å². The molecule has 0 heterocycles. The second kappa shape index (κ2) is 12.3. The molecule has 0 amide bonds. The summed E-state index contributed by atoms with van der Waals surface area (Å²) in [6.45, 7) is 0.604. The number of carbonyl (C=O) groups excluding carboxylic acids is 1. The van der Waals surface area contributed by atoms with Crippen LogP contribution in [0.15, 0.2) is 35.5 Å². The predicted molar refractivity (Wildman–Crippen MR) is 85.2 cm³/mol. The summed E-state index contributed by atoms with van der Waals surface area (Å²) in [5, 5.41) is 8.33. The quantitative estimate of drug-likeness (QED) is 0.393. The van der Waals surface area contributed by atoms with E-state index < -0.39 is 12.0 Å². The second-order valence-electron chi connectivity index (χ2n) is 4.54. The highest BCUT2D eigenvalue weighted by atomic mass is 35.5. The van der Waals surface area contributed by atoms with Crippen molar-refractivity contribution >= 4 is 23.9 Å². The number of allylic oxidation sites excluding steroid dienone is 6. The van der Waals surface area contributed by atoms with Gasteiger partial charge in [0.25, 0.3) is 0 Å². The summed E-state index contributed by atoms with van der Waals surface area (Å²) < 4.78 is 0. The van der Waals surface area contributed by atoms with Crippen molar-refractivity contribution in [2.24, 2.45) is 11.5 Å². The van der Waals surface area contributed by atoms with Gasteiger partial charge in [0, 0.05) is 0 Å². The summed E-state index contributed by atoms with van der Waals surface area (Å²) >= 11 is 4.82. The van der Waals surface area contributed by atoms with Crippen LogP contribution in [0.5, 0.6) is 0 Å². The lowest BCUT2D eigenvalue weighted by molar-refractivity contribution is -0.138. The summed E-state index contributed by atoms with van der Waals surface area (Å²) in [4.78, 5) is 19.2. The van der Waals surface area contributed by atoms with E-state index in [1.807, 2.05) is 0 Å². The molecular formula is C15H23ClN2O3. The highest BCUT2D eigenvalue weighted by molar-refractivity contribution is 6.24. The molecule has 0 saturated heterocycles. The number of carbonyl (C=O) groups is 2. The first-order chi connectivity index (χ1) is 10.0. The molecule has 2 rings (SSSR count). The maximum absolute atomic E-state index is 10.1. The normalized spacial score (nSPS) is 15.0. The number of carboxylic acids is 1. The number of unbranched alkanes of at least 4 members (excludes halogenated alkanes) is 1. The summed E-state index contributed by atoms with van der Waals surface area (Å²) in [6.07, 6.45) is 12.7. The third-order valence-corrected chi connectivity index (χ3v) is 2.91. The zero-order chi connectivity index (χ0) is 16.1. The minimum absolute atomic E-state index is 0.111. The Labute approximate surface area is 130 Å². The van der Waals surface area contributed by atoms with Crippen molar-refractivity contribution in [2.75, 3.05) is 12.4 Å². The molecule has 0 aromatic carbocycles. The SMILES string of the molecule is C1=CC2=CC=C1C2.NCCCC[C@H](N)C(=O)O.O=CCCl. The average Bonchev–Trinajstić information content (AvgIpc) is 3.13. The van der Waals surface area contributed by atoms with E-state index in [9.17, 15) is 4.79 Å². The van der Waals surface area contributed by atoms with Crippen LogP contribution in [0.25, 0.3) is 0 Å². The van der Waals surface area contributed by atoms with Crippen LogP contribution in [0, 0.1) is 0 Å². The zero-order valence-corrected chi connectivity index (χ0v) is 12.8. The number of nitrogens with two attached hydrogens (primary N) is 2. The number of halogens is 1. The predicted octanol–water partition coefficient (Wildman–Crippen LogP) is 1.76. The molecule has 0 aromatic rings. The Balaban J connectivity index is 0.000000313. The number of hydrogen-bond acceptors (Lipinski definition) is 4. The Hall–Kier alpha value is -1.43. The van der Waals surface area contributed by atoms with Crippen LogP contribution in [0.3, 0.4) is 0 Å².